The zero-order valence-electron chi connectivity index (χ0n) is 27.9. The van der Waals surface area contributed by atoms with Gasteiger partial charge in [-0.1, -0.05) is 121 Å². The van der Waals surface area contributed by atoms with Gasteiger partial charge in [0.05, 0.1) is 8.07 Å². The van der Waals surface area contributed by atoms with Crippen molar-refractivity contribution in [1.82, 2.24) is 0 Å². The SMILES string of the molecule is Cc1cc2c3c(cc4c([Si](C)(C)C)cc5c6c(cc1c3c46)B1c3ccccc3Oc3cccc-5c31)B1c3ccccc3Oc3cccc-2c31. The lowest BCUT2D eigenvalue weighted by atomic mass is 9.32. The summed E-state index contributed by atoms with van der Waals surface area (Å²) in [6.45, 7) is 10.1. The van der Waals surface area contributed by atoms with E-state index in [1.807, 2.05) is 0 Å². The molecule has 5 heteroatoms. The van der Waals surface area contributed by atoms with Crippen LogP contribution in [0.3, 0.4) is 0 Å². The second-order valence-electron chi connectivity index (χ2n) is 15.6. The monoisotopic (exact) mass is 640 g/mol. The Morgan fingerprint density at radius 2 is 0.939 bits per heavy atom. The quantitative estimate of drug-likeness (QED) is 0.148. The Morgan fingerprint density at radius 3 is 1.51 bits per heavy atom. The van der Waals surface area contributed by atoms with E-state index >= 15 is 0 Å². The van der Waals surface area contributed by atoms with Crippen molar-refractivity contribution in [3.05, 3.63) is 115 Å². The third-order valence-electron chi connectivity index (χ3n) is 12.0. The molecule has 0 aromatic heterocycles. The molecular formula is C44H30B2O2Si. The third kappa shape index (κ3) is 3.12. The Kier molecular flexibility index (Phi) is 4.71. The van der Waals surface area contributed by atoms with Crippen molar-refractivity contribution in [1.29, 1.82) is 0 Å². The molecule has 0 bridgehead atoms. The average Bonchev–Trinajstić information content (AvgIpc) is 3.11. The molecular weight excluding hydrogens is 610 g/mol. The molecule has 8 aromatic carbocycles. The van der Waals surface area contributed by atoms with Crippen LogP contribution in [0.4, 0.5) is 0 Å². The molecule has 12 rings (SSSR count). The molecule has 0 unspecified atom stereocenters. The zero-order chi connectivity index (χ0) is 32.5. The fourth-order valence-electron chi connectivity index (χ4n) is 10.1. The minimum atomic E-state index is -1.84. The van der Waals surface area contributed by atoms with E-state index < -0.39 is 8.07 Å². The molecule has 2 nitrogen and oxygen atoms in total. The number of ether oxygens (including phenoxy) is 2. The van der Waals surface area contributed by atoms with E-state index in [1.165, 1.54) is 98.1 Å². The smallest absolute Gasteiger partial charge is 0.252 e. The van der Waals surface area contributed by atoms with E-state index in [4.69, 9.17) is 9.47 Å². The van der Waals surface area contributed by atoms with Crippen LogP contribution < -0.4 is 47.4 Å². The maximum Gasteiger partial charge on any atom is 0.252 e. The normalized spacial score (nSPS) is 14.4. The van der Waals surface area contributed by atoms with Crippen LogP contribution in [0.2, 0.25) is 19.6 Å². The summed E-state index contributed by atoms with van der Waals surface area (Å²) in [6.07, 6.45) is 0. The molecule has 4 heterocycles. The summed E-state index contributed by atoms with van der Waals surface area (Å²) in [6, 6.07) is 40.9. The van der Waals surface area contributed by atoms with Crippen molar-refractivity contribution in [3.8, 4) is 45.3 Å². The highest BCUT2D eigenvalue weighted by Crippen LogP contribution is 2.47. The molecule has 0 aliphatic carbocycles. The summed E-state index contributed by atoms with van der Waals surface area (Å²) in [5.74, 6) is 3.91. The lowest BCUT2D eigenvalue weighted by Gasteiger charge is -2.38. The molecule has 0 amide bonds. The summed E-state index contributed by atoms with van der Waals surface area (Å²) >= 11 is 0. The molecule has 0 N–H and O–H groups in total. The summed E-state index contributed by atoms with van der Waals surface area (Å²) < 4.78 is 13.3. The van der Waals surface area contributed by atoms with Gasteiger partial charge in [0.15, 0.2) is 0 Å². The van der Waals surface area contributed by atoms with E-state index in [1.54, 1.807) is 0 Å². The first-order chi connectivity index (χ1) is 23.9. The minimum absolute atomic E-state index is 0.116. The van der Waals surface area contributed by atoms with Gasteiger partial charge >= 0.3 is 0 Å². The molecule has 228 valence electrons. The maximum absolute atomic E-state index is 6.64. The number of fused-ring (bicyclic) bond motifs is 8. The van der Waals surface area contributed by atoms with E-state index in [9.17, 15) is 0 Å². The Labute approximate surface area is 286 Å². The van der Waals surface area contributed by atoms with Gasteiger partial charge in [-0.2, -0.15) is 0 Å². The van der Waals surface area contributed by atoms with Gasteiger partial charge in [0.1, 0.15) is 23.0 Å². The van der Waals surface area contributed by atoms with Gasteiger partial charge in [-0.05, 0) is 113 Å². The van der Waals surface area contributed by atoms with Crippen LogP contribution >= 0.6 is 0 Å². The van der Waals surface area contributed by atoms with Crippen LogP contribution in [0.5, 0.6) is 23.0 Å². The fraction of sp³-hybridized carbons (Fsp3) is 0.0909. The highest BCUT2D eigenvalue weighted by atomic mass is 28.3. The van der Waals surface area contributed by atoms with Crippen molar-refractivity contribution >= 4 is 91.8 Å². The standard InChI is InChI=1S/C44H30B2O2Si/c1-23-19-27-24-11-9-17-36-43(24)46(31-14-6-8-16-35(31)47-36)33-21-29-38(49(2,3)4)22-28-25-12-10-18-37-44(25)45(30-13-5-7-15-34(30)48-37)32-20-26(23)41(39(27)33)42(29)40(28)32/h5-22H,1-4H3. The summed E-state index contributed by atoms with van der Waals surface area (Å²) in [4.78, 5) is 0. The average molecular weight is 640 g/mol. The highest BCUT2D eigenvalue weighted by Gasteiger charge is 2.44. The summed E-state index contributed by atoms with van der Waals surface area (Å²) in [5, 5.41) is 10.1. The Balaban J connectivity index is 1.33. The van der Waals surface area contributed by atoms with Gasteiger partial charge in [0.2, 0.25) is 0 Å². The predicted octanol–water partition coefficient (Wildman–Crippen LogP) is 6.64. The first kappa shape index (κ1) is 26.7. The second kappa shape index (κ2) is 8.66. The summed E-state index contributed by atoms with van der Waals surface area (Å²) in [5.41, 5.74) is 14.6. The third-order valence-corrected chi connectivity index (χ3v) is 14.0. The van der Waals surface area contributed by atoms with E-state index in [0.717, 1.165) is 23.0 Å². The van der Waals surface area contributed by atoms with E-state index in [-0.39, 0.29) is 13.4 Å². The molecule has 0 radical (unpaired) electrons. The zero-order valence-corrected chi connectivity index (χ0v) is 28.9. The number of rotatable bonds is 1. The molecule has 0 atom stereocenters. The van der Waals surface area contributed by atoms with Crippen LogP contribution in [0.15, 0.2) is 109 Å². The fourth-order valence-corrected chi connectivity index (χ4v) is 11.7. The molecule has 0 saturated heterocycles. The van der Waals surface area contributed by atoms with Crippen LogP contribution in [0, 0.1) is 6.92 Å². The van der Waals surface area contributed by atoms with Crippen LogP contribution in [0.1, 0.15) is 5.56 Å². The van der Waals surface area contributed by atoms with Gasteiger partial charge in [0.25, 0.3) is 13.4 Å². The highest BCUT2D eigenvalue weighted by molar-refractivity contribution is 7.02. The number of para-hydroxylation sites is 2. The van der Waals surface area contributed by atoms with Crippen LogP contribution in [-0.4, -0.2) is 21.5 Å². The molecule has 0 fully saturated rings. The van der Waals surface area contributed by atoms with Crippen molar-refractivity contribution in [2.45, 2.75) is 26.6 Å². The molecule has 49 heavy (non-hydrogen) atoms. The topological polar surface area (TPSA) is 18.5 Å². The molecule has 4 aliphatic heterocycles. The molecule has 0 saturated carbocycles. The first-order valence-corrected chi connectivity index (χ1v) is 21.0. The summed E-state index contributed by atoms with van der Waals surface area (Å²) in [7, 11) is -1.84. The maximum atomic E-state index is 6.64. The van der Waals surface area contributed by atoms with Gasteiger partial charge < -0.3 is 9.47 Å². The lowest BCUT2D eigenvalue weighted by Crippen LogP contribution is -2.58. The van der Waals surface area contributed by atoms with Crippen molar-refractivity contribution in [3.63, 3.8) is 0 Å². The molecule has 0 spiro atoms. The van der Waals surface area contributed by atoms with Crippen molar-refractivity contribution in [2.75, 3.05) is 0 Å². The molecule has 8 aromatic rings. The lowest BCUT2D eigenvalue weighted by molar-refractivity contribution is 0.487. The largest absolute Gasteiger partial charge is 0.458 e. The number of hydrogen-bond donors (Lipinski definition) is 0. The Bertz CT molecular complexity index is 2850. The van der Waals surface area contributed by atoms with Crippen LogP contribution in [-0.2, 0) is 0 Å². The van der Waals surface area contributed by atoms with Gasteiger partial charge in [0, 0.05) is 0 Å². The Hall–Kier alpha value is -5.25. The minimum Gasteiger partial charge on any atom is -0.458 e. The van der Waals surface area contributed by atoms with E-state index in [2.05, 4.69) is 136 Å². The number of hydrogen-bond acceptors (Lipinski definition) is 2. The second-order valence-corrected chi connectivity index (χ2v) is 20.6. The predicted molar refractivity (Wildman–Crippen MR) is 211 cm³/mol. The van der Waals surface area contributed by atoms with E-state index in [0.29, 0.717) is 0 Å². The van der Waals surface area contributed by atoms with Crippen molar-refractivity contribution in [2.24, 2.45) is 0 Å². The van der Waals surface area contributed by atoms with Gasteiger partial charge in [-0.15, -0.1) is 0 Å². The van der Waals surface area contributed by atoms with Crippen molar-refractivity contribution < 1.29 is 9.47 Å². The Morgan fingerprint density at radius 1 is 0.449 bits per heavy atom. The van der Waals surface area contributed by atoms with Gasteiger partial charge in [-0.3, -0.25) is 0 Å². The number of benzene rings is 8. The number of aryl methyl sites for hydroxylation is 1. The first-order valence-electron chi connectivity index (χ1n) is 17.5. The molecule has 4 aliphatic rings. The van der Waals surface area contributed by atoms with Gasteiger partial charge in [-0.25, -0.2) is 0 Å². The van der Waals surface area contributed by atoms with Crippen LogP contribution in [0.25, 0.3) is 54.6 Å².